The Balaban J connectivity index is 1.43. The first-order chi connectivity index (χ1) is 19.1. The van der Waals surface area contributed by atoms with E-state index < -0.39 is 17.8 Å². The molecule has 200 valence electrons. The molecule has 2 aliphatic rings. The summed E-state index contributed by atoms with van der Waals surface area (Å²) in [5.74, 6) is -0.108. The molecule has 0 saturated heterocycles. The molecule has 0 unspecified atom stereocenters. The van der Waals surface area contributed by atoms with Crippen LogP contribution < -0.4 is 19.7 Å². The molecule has 4 aromatic rings. The number of nitrogens with zero attached hydrogens (tertiary/aromatic N) is 4. The van der Waals surface area contributed by atoms with Gasteiger partial charge in [0, 0.05) is 17.8 Å². The van der Waals surface area contributed by atoms with Crippen molar-refractivity contribution in [3.63, 3.8) is 0 Å². The fraction of sp³-hybridized carbons (Fsp3) is 0.310. The van der Waals surface area contributed by atoms with Crippen LogP contribution in [0.4, 0.5) is 10.1 Å². The molecule has 1 aromatic heterocycles. The molecule has 1 N–H and O–H groups in total. The zero-order chi connectivity index (χ0) is 26.8. The van der Waals surface area contributed by atoms with Gasteiger partial charge in [-0.15, -0.1) is 5.10 Å². The molecular formula is C29H28FN5O4. The van der Waals surface area contributed by atoms with Gasteiger partial charge in [0.15, 0.2) is 11.5 Å². The Morgan fingerprint density at radius 2 is 1.74 bits per heavy atom. The van der Waals surface area contributed by atoms with Crippen molar-refractivity contribution in [3.8, 4) is 11.5 Å². The van der Waals surface area contributed by atoms with Crippen LogP contribution >= 0.6 is 0 Å². The maximum absolute atomic E-state index is 14.2. The van der Waals surface area contributed by atoms with E-state index >= 15 is 0 Å². The van der Waals surface area contributed by atoms with E-state index in [4.69, 9.17) is 9.47 Å². The van der Waals surface area contributed by atoms with Gasteiger partial charge in [0.1, 0.15) is 37.1 Å². The molecule has 0 spiro atoms. The average Bonchev–Trinajstić information content (AvgIpc) is 3.62. The molecule has 39 heavy (non-hydrogen) atoms. The number of amides is 2. The number of aromatic nitrogens is 3. The van der Waals surface area contributed by atoms with Gasteiger partial charge in [0.2, 0.25) is 11.8 Å². The minimum atomic E-state index is -1.06. The number of nitrogens with one attached hydrogen (secondary N) is 1. The van der Waals surface area contributed by atoms with Crippen LogP contribution in [-0.2, 0) is 16.1 Å². The van der Waals surface area contributed by atoms with Crippen LogP contribution in [0.1, 0.15) is 37.3 Å². The van der Waals surface area contributed by atoms with E-state index in [-0.39, 0.29) is 18.5 Å². The number of para-hydroxylation sites is 1. The minimum absolute atomic E-state index is 0.0249. The third-order valence-corrected chi connectivity index (χ3v) is 7.17. The lowest BCUT2D eigenvalue weighted by Gasteiger charge is -2.33. The lowest BCUT2D eigenvalue weighted by atomic mass is 10.0. The second-order valence-corrected chi connectivity index (χ2v) is 9.77. The number of hydrogen-bond donors (Lipinski definition) is 1. The van der Waals surface area contributed by atoms with E-state index in [1.54, 1.807) is 18.2 Å². The first-order valence-corrected chi connectivity index (χ1v) is 13.1. The first-order valence-electron chi connectivity index (χ1n) is 13.1. The molecule has 1 aliphatic heterocycles. The van der Waals surface area contributed by atoms with Gasteiger partial charge < -0.3 is 14.8 Å². The Morgan fingerprint density at radius 1 is 1.00 bits per heavy atom. The lowest BCUT2D eigenvalue weighted by molar-refractivity contribution is -0.127. The molecule has 0 radical (unpaired) electrons. The molecule has 6 rings (SSSR count). The SMILES string of the molecule is O=C(NC1CCCC1)[C@@H](c1ccc(F)cc1)N(C(=O)Cn1nnc2ccccc21)c1ccc2c(c1)OCCO2. The predicted octanol–water partition coefficient (Wildman–Crippen LogP) is 4.17. The highest BCUT2D eigenvalue weighted by molar-refractivity contribution is 6.02. The summed E-state index contributed by atoms with van der Waals surface area (Å²) in [4.78, 5) is 29.5. The van der Waals surface area contributed by atoms with Crippen LogP contribution in [0.25, 0.3) is 11.0 Å². The lowest BCUT2D eigenvalue weighted by Crippen LogP contribution is -2.47. The summed E-state index contributed by atoms with van der Waals surface area (Å²) in [5.41, 5.74) is 2.29. The summed E-state index contributed by atoms with van der Waals surface area (Å²) < 4.78 is 26.9. The Kier molecular flexibility index (Phi) is 6.83. The number of carbonyl (C=O) groups excluding carboxylic acids is 2. The molecule has 10 heteroatoms. The Bertz CT molecular complexity index is 1500. The van der Waals surface area contributed by atoms with Gasteiger partial charge in [-0.3, -0.25) is 14.5 Å². The molecule has 9 nitrogen and oxygen atoms in total. The maximum atomic E-state index is 14.2. The molecule has 3 aromatic carbocycles. The summed E-state index contributed by atoms with van der Waals surface area (Å²) in [7, 11) is 0. The van der Waals surface area contributed by atoms with Crippen molar-refractivity contribution in [1.29, 1.82) is 0 Å². The molecule has 2 heterocycles. The highest BCUT2D eigenvalue weighted by Crippen LogP contribution is 2.37. The summed E-state index contributed by atoms with van der Waals surface area (Å²) in [6.07, 6.45) is 3.84. The van der Waals surface area contributed by atoms with Gasteiger partial charge in [-0.2, -0.15) is 0 Å². The zero-order valence-corrected chi connectivity index (χ0v) is 21.3. The fourth-order valence-corrected chi connectivity index (χ4v) is 5.27. The van der Waals surface area contributed by atoms with Crippen molar-refractivity contribution in [3.05, 3.63) is 78.1 Å². The third-order valence-electron chi connectivity index (χ3n) is 7.17. The largest absolute Gasteiger partial charge is 0.486 e. The number of fused-ring (bicyclic) bond motifs is 2. The number of ether oxygens (including phenoxy) is 2. The molecule has 1 fully saturated rings. The molecule has 1 aliphatic carbocycles. The van der Waals surface area contributed by atoms with Crippen molar-refractivity contribution in [2.45, 2.75) is 44.3 Å². The number of benzene rings is 3. The highest BCUT2D eigenvalue weighted by atomic mass is 19.1. The van der Waals surface area contributed by atoms with E-state index in [1.807, 2.05) is 24.3 Å². The standard InChI is InChI=1S/C29H28FN5O4/c30-20-11-9-19(10-12-20)28(29(37)31-21-5-1-2-6-21)35(22-13-14-25-26(17-22)39-16-15-38-25)27(36)18-34-24-8-4-3-7-23(24)32-33-34/h3-4,7-14,17,21,28H,1-2,5-6,15-16,18H2,(H,31,37)/t28-/m1/s1. The third kappa shape index (κ3) is 5.14. The van der Waals surface area contributed by atoms with Crippen molar-refractivity contribution in [2.75, 3.05) is 18.1 Å². The molecule has 1 atom stereocenters. The smallest absolute Gasteiger partial charge is 0.249 e. The van der Waals surface area contributed by atoms with Crippen LogP contribution in [-0.4, -0.2) is 46.1 Å². The van der Waals surface area contributed by atoms with E-state index in [0.29, 0.717) is 47.0 Å². The summed E-state index contributed by atoms with van der Waals surface area (Å²) in [5, 5.41) is 11.5. The van der Waals surface area contributed by atoms with Gasteiger partial charge in [0.05, 0.1) is 5.52 Å². The van der Waals surface area contributed by atoms with Crippen molar-refractivity contribution in [2.24, 2.45) is 0 Å². The van der Waals surface area contributed by atoms with E-state index in [9.17, 15) is 14.0 Å². The molecular weight excluding hydrogens is 501 g/mol. The van der Waals surface area contributed by atoms with Gasteiger partial charge >= 0.3 is 0 Å². The summed E-state index contributed by atoms with van der Waals surface area (Å²) in [6, 6.07) is 17.1. The zero-order valence-electron chi connectivity index (χ0n) is 21.3. The predicted molar refractivity (Wildman–Crippen MR) is 142 cm³/mol. The highest BCUT2D eigenvalue weighted by Gasteiger charge is 2.35. The van der Waals surface area contributed by atoms with Gasteiger partial charge in [-0.25, -0.2) is 9.07 Å². The first kappa shape index (κ1) is 24.8. The summed E-state index contributed by atoms with van der Waals surface area (Å²) in [6.45, 7) is 0.638. The monoisotopic (exact) mass is 529 g/mol. The van der Waals surface area contributed by atoms with Crippen LogP contribution in [0, 0.1) is 5.82 Å². The van der Waals surface area contributed by atoms with Gasteiger partial charge in [0.25, 0.3) is 0 Å². The topological polar surface area (TPSA) is 98.6 Å². The van der Waals surface area contributed by atoms with Gasteiger partial charge in [-0.05, 0) is 54.8 Å². The second-order valence-electron chi connectivity index (χ2n) is 9.77. The second kappa shape index (κ2) is 10.7. The van der Waals surface area contributed by atoms with E-state index in [1.165, 1.54) is 33.8 Å². The Morgan fingerprint density at radius 3 is 2.54 bits per heavy atom. The Labute approximate surface area is 224 Å². The van der Waals surface area contributed by atoms with Crippen molar-refractivity contribution < 1.29 is 23.5 Å². The van der Waals surface area contributed by atoms with Crippen LogP contribution in [0.3, 0.4) is 0 Å². The molecule has 2 amide bonds. The Hall–Kier alpha value is -4.47. The van der Waals surface area contributed by atoms with Crippen molar-refractivity contribution >= 4 is 28.5 Å². The number of carbonyl (C=O) groups is 2. The van der Waals surface area contributed by atoms with Gasteiger partial charge in [-0.1, -0.05) is 42.3 Å². The number of rotatable bonds is 7. The quantitative estimate of drug-likeness (QED) is 0.386. The maximum Gasteiger partial charge on any atom is 0.249 e. The van der Waals surface area contributed by atoms with Crippen LogP contribution in [0.5, 0.6) is 11.5 Å². The van der Waals surface area contributed by atoms with Crippen molar-refractivity contribution in [1.82, 2.24) is 20.3 Å². The fourth-order valence-electron chi connectivity index (χ4n) is 5.27. The van der Waals surface area contributed by atoms with E-state index in [2.05, 4.69) is 15.6 Å². The number of halogens is 1. The summed E-state index contributed by atoms with van der Waals surface area (Å²) >= 11 is 0. The number of hydrogen-bond acceptors (Lipinski definition) is 6. The van der Waals surface area contributed by atoms with E-state index in [0.717, 1.165) is 25.7 Å². The minimum Gasteiger partial charge on any atom is -0.486 e. The molecule has 1 saturated carbocycles. The molecule has 0 bridgehead atoms. The van der Waals surface area contributed by atoms with Crippen LogP contribution in [0.2, 0.25) is 0 Å². The average molecular weight is 530 g/mol. The van der Waals surface area contributed by atoms with Crippen LogP contribution in [0.15, 0.2) is 66.7 Å². The number of anilines is 1. The normalized spacial score (nSPS) is 15.7.